The maximum atomic E-state index is 12.7. The number of likely N-dealkylation sites (tertiary alicyclic amines) is 1. The van der Waals surface area contributed by atoms with E-state index in [0.717, 1.165) is 32.6 Å². The van der Waals surface area contributed by atoms with Crippen LogP contribution in [0.1, 0.15) is 32.6 Å². The van der Waals surface area contributed by atoms with Gasteiger partial charge < -0.3 is 9.84 Å². The molecule has 3 nitrogen and oxygen atoms in total. The zero-order valence-corrected chi connectivity index (χ0v) is 11.7. The molecule has 1 N–H and O–H groups in total. The summed E-state index contributed by atoms with van der Waals surface area (Å²) in [4.78, 5) is 1.74. The van der Waals surface area contributed by atoms with Crippen molar-refractivity contribution < 1.29 is 23.0 Å². The van der Waals surface area contributed by atoms with E-state index in [1.54, 1.807) is 12.0 Å². The summed E-state index contributed by atoms with van der Waals surface area (Å²) in [6, 6.07) is 0. The Labute approximate surface area is 112 Å². The van der Waals surface area contributed by atoms with Crippen LogP contribution in [-0.2, 0) is 4.74 Å². The smallest absolute Gasteiger partial charge is 0.385 e. The Morgan fingerprint density at radius 2 is 2.00 bits per heavy atom. The first-order valence-electron chi connectivity index (χ1n) is 6.76. The molecule has 0 aromatic rings. The molecule has 114 valence electrons. The van der Waals surface area contributed by atoms with Crippen molar-refractivity contribution in [3.05, 3.63) is 0 Å². The first kappa shape index (κ1) is 16.7. The van der Waals surface area contributed by atoms with Crippen LogP contribution in [-0.4, -0.2) is 55.1 Å². The molecule has 19 heavy (non-hydrogen) atoms. The minimum atomic E-state index is -4.58. The number of methoxy groups -OCH3 is 1. The van der Waals surface area contributed by atoms with Gasteiger partial charge in [0.25, 0.3) is 0 Å². The average Bonchev–Trinajstić information content (AvgIpc) is 2.49. The third-order valence-electron chi connectivity index (χ3n) is 3.73. The number of halogens is 3. The second-order valence-corrected chi connectivity index (χ2v) is 5.65. The van der Waals surface area contributed by atoms with Gasteiger partial charge >= 0.3 is 6.18 Å². The monoisotopic (exact) mass is 283 g/mol. The van der Waals surface area contributed by atoms with Crippen molar-refractivity contribution in [2.75, 3.05) is 33.4 Å². The van der Waals surface area contributed by atoms with Crippen LogP contribution >= 0.6 is 0 Å². The van der Waals surface area contributed by atoms with Gasteiger partial charge in [0, 0.05) is 26.8 Å². The van der Waals surface area contributed by atoms with Gasteiger partial charge in [-0.3, -0.25) is 4.90 Å². The number of aliphatic hydroxyl groups is 1. The van der Waals surface area contributed by atoms with Crippen LogP contribution in [0.5, 0.6) is 0 Å². The van der Waals surface area contributed by atoms with E-state index in [1.165, 1.54) is 0 Å². The number of hydrogen-bond acceptors (Lipinski definition) is 3. The van der Waals surface area contributed by atoms with Crippen LogP contribution in [0.15, 0.2) is 0 Å². The van der Waals surface area contributed by atoms with Gasteiger partial charge in [-0.1, -0.05) is 6.42 Å². The molecule has 1 rings (SSSR count). The fraction of sp³-hybridized carbons (Fsp3) is 1.00. The number of nitrogens with zero attached hydrogens (tertiary/aromatic N) is 1. The van der Waals surface area contributed by atoms with E-state index in [4.69, 9.17) is 4.74 Å². The number of alkyl halides is 3. The van der Waals surface area contributed by atoms with Crippen LogP contribution in [0.4, 0.5) is 13.2 Å². The SMILES string of the molecule is COCC[C@@H]1CCCCN(C[C@](C)(O)C(F)(F)F)C1. The Balaban J connectivity index is 2.56. The van der Waals surface area contributed by atoms with Gasteiger partial charge in [0.15, 0.2) is 5.60 Å². The Morgan fingerprint density at radius 3 is 2.58 bits per heavy atom. The molecule has 1 saturated heterocycles. The Bertz CT molecular complexity index is 269. The number of hydrogen-bond donors (Lipinski definition) is 1. The Morgan fingerprint density at radius 1 is 1.32 bits per heavy atom. The van der Waals surface area contributed by atoms with E-state index in [2.05, 4.69) is 0 Å². The molecule has 0 spiro atoms. The molecule has 2 atom stereocenters. The van der Waals surface area contributed by atoms with Crippen molar-refractivity contribution in [3.63, 3.8) is 0 Å². The fourth-order valence-electron chi connectivity index (χ4n) is 2.50. The predicted octanol–water partition coefficient (Wildman–Crippen LogP) is 2.44. The van der Waals surface area contributed by atoms with Crippen LogP contribution in [0, 0.1) is 5.92 Å². The van der Waals surface area contributed by atoms with E-state index in [1.807, 2.05) is 0 Å². The first-order valence-corrected chi connectivity index (χ1v) is 6.76. The molecule has 1 aliphatic heterocycles. The molecular formula is C13H24F3NO2. The maximum Gasteiger partial charge on any atom is 0.418 e. The van der Waals surface area contributed by atoms with Crippen molar-refractivity contribution in [2.45, 2.75) is 44.4 Å². The molecule has 1 aliphatic rings. The molecule has 1 heterocycles. The van der Waals surface area contributed by atoms with Gasteiger partial charge in [-0.25, -0.2) is 0 Å². The minimum Gasteiger partial charge on any atom is -0.385 e. The van der Waals surface area contributed by atoms with E-state index < -0.39 is 11.8 Å². The van der Waals surface area contributed by atoms with Crippen LogP contribution in [0.2, 0.25) is 0 Å². The van der Waals surface area contributed by atoms with Crippen LogP contribution in [0.25, 0.3) is 0 Å². The molecule has 0 aromatic carbocycles. The van der Waals surface area contributed by atoms with E-state index in [0.29, 0.717) is 25.6 Å². The van der Waals surface area contributed by atoms with Gasteiger partial charge in [-0.2, -0.15) is 13.2 Å². The van der Waals surface area contributed by atoms with Gasteiger partial charge in [-0.15, -0.1) is 0 Å². The van der Waals surface area contributed by atoms with E-state index in [-0.39, 0.29) is 6.54 Å². The molecular weight excluding hydrogens is 259 g/mol. The number of ether oxygens (including phenoxy) is 1. The molecule has 0 radical (unpaired) electrons. The van der Waals surface area contributed by atoms with E-state index in [9.17, 15) is 18.3 Å². The average molecular weight is 283 g/mol. The van der Waals surface area contributed by atoms with Crippen molar-refractivity contribution in [1.82, 2.24) is 4.90 Å². The largest absolute Gasteiger partial charge is 0.418 e. The van der Waals surface area contributed by atoms with Crippen molar-refractivity contribution in [1.29, 1.82) is 0 Å². The summed E-state index contributed by atoms with van der Waals surface area (Å²) >= 11 is 0. The number of rotatable bonds is 5. The lowest BCUT2D eigenvalue weighted by Gasteiger charge is -2.33. The molecule has 0 aliphatic carbocycles. The second kappa shape index (κ2) is 6.90. The summed E-state index contributed by atoms with van der Waals surface area (Å²) in [5.41, 5.74) is -2.64. The summed E-state index contributed by atoms with van der Waals surface area (Å²) in [5, 5.41) is 9.57. The molecule has 0 unspecified atom stereocenters. The van der Waals surface area contributed by atoms with Gasteiger partial charge in [0.2, 0.25) is 0 Å². The molecule has 1 fully saturated rings. The molecule has 0 amide bonds. The lowest BCUT2D eigenvalue weighted by molar-refractivity contribution is -0.257. The van der Waals surface area contributed by atoms with Crippen LogP contribution < -0.4 is 0 Å². The second-order valence-electron chi connectivity index (χ2n) is 5.65. The third-order valence-corrected chi connectivity index (χ3v) is 3.73. The fourth-order valence-corrected chi connectivity index (χ4v) is 2.50. The number of β-amino-alcohol motifs (C(OH)–C–C–N with tert-alkyl or cyclic N) is 1. The Hall–Kier alpha value is -0.330. The summed E-state index contributed by atoms with van der Waals surface area (Å²) in [7, 11) is 1.63. The zero-order valence-electron chi connectivity index (χ0n) is 11.7. The highest BCUT2D eigenvalue weighted by molar-refractivity contribution is 4.86. The summed E-state index contributed by atoms with van der Waals surface area (Å²) in [6.45, 7) is 2.36. The van der Waals surface area contributed by atoms with Crippen molar-refractivity contribution in [2.24, 2.45) is 5.92 Å². The highest BCUT2D eigenvalue weighted by atomic mass is 19.4. The molecule has 6 heteroatoms. The Kier molecular flexibility index (Phi) is 6.08. The van der Waals surface area contributed by atoms with Gasteiger partial charge in [-0.05, 0) is 38.6 Å². The lowest BCUT2D eigenvalue weighted by Crippen LogP contribution is -2.52. The van der Waals surface area contributed by atoms with Crippen molar-refractivity contribution in [3.8, 4) is 0 Å². The first-order chi connectivity index (χ1) is 8.76. The van der Waals surface area contributed by atoms with Crippen LogP contribution in [0.3, 0.4) is 0 Å². The topological polar surface area (TPSA) is 32.7 Å². The minimum absolute atomic E-state index is 0.347. The maximum absolute atomic E-state index is 12.7. The van der Waals surface area contributed by atoms with Gasteiger partial charge in [0.1, 0.15) is 0 Å². The third kappa shape index (κ3) is 5.28. The molecule has 0 aromatic heterocycles. The standard InChI is InChI=1S/C13H24F3NO2/c1-12(18,13(14,15)16)10-17-7-4-3-5-11(9-17)6-8-19-2/h11,18H,3-10H2,1-2H3/t11-,12-/m0/s1. The summed E-state index contributed by atoms with van der Waals surface area (Å²) in [6.07, 6.45) is -0.785. The molecule has 0 bridgehead atoms. The lowest BCUT2D eigenvalue weighted by atomic mass is 9.99. The summed E-state index contributed by atoms with van der Waals surface area (Å²) in [5.74, 6) is 0.353. The molecule has 0 saturated carbocycles. The summed E-state index contributed by atoms with van der Waals surface area (Å²) < 4.78 is 43.1. The zero-order chi connectivity index (χ0) is 14.5. The van der Waals surface area contributed by atoms with E-state index >= 15 is 0 Å². The normalized spacial score (nSPS) is 25.9. The predicted molar refractivity (Wildman–Crippen MR) is 67.0 cm³/mol. The highest BCUT2D eigenvalue weighted by Crippen LogP contribution is 2.31. The van der Waals surface area contributed by atoms with Gasteiger partial charge in [0.05, 0.1) is 0 Å². The van der Waals surface area contributed by atoms with Crippen molar-refractivity contribution >= 4 is 0 Å². The quantitative estimate of drug-likeness (QED) is 0.841. The highest BCUT2D eigenvalue weighted by Gasteiger charge is 2.50.